The Bertz CT molecular complexity index is 1240. The Kier molecular flexibility index (Phi) is 58.3. The molecule has 0 aromatic heterocycles. The molecule has 0 aromatic rings. The predicted octanol–water partition coefficient (Wildman–Crippen LogP) is 21.0. The number of ether oxygens (including phenoxy) is 3. The minimum atomic E-state index is -0.552. The van der Waals surface area contributed by atoms with E-state index in [2.05, 4.69) is 93.7 Å². The molecule has 0 rings (SSSR count). The lowest BCUT2D eigenvalue weighted by Gasteiger charge is -2.18. The van der Waals surface area contributed by atoms with Crippen molar-refractivity contribution in [2.75, 3.05) is 19.8 Å². The van der Waals surface area contributed by atoms with Gasteiger partial charge in [0, 0.05) is 19.4 Å². The van der Waals surface area contributed by atoms with Gasteiger partial charge < -0.3 is 14.2 Å². The third kappa shape index (κ3) is 57.9. The van der Waals surface area contributed by atoms with Gasteiger partial charge in [-0.2, -0.15) is 0 Å². The highest BCUT2D eigenvalue weighted by Crippen LogP contribution is 2.16. The third-order valence-electron chi connectivity index (χ3n) is 13.2. The molecule has 0 fully saturated rings. The highest BCUT2D eigenvalue weighted by molar-refractivity contribution is 5.70. The number of hydrogen-bond acceptors (Lipinski definition) is 5. The van der Waals surface area contributed by atoms with Crippen molar-refractivity contribution in [1.29, 1.82) is 0 Å². The number of unbranched alkanes of at least 4 members (excludes halogenated alkanes) is 33. The molecule has 0 spiro atoms. The third-order valence-corrected chi connectivity index (χ3v) is 13.2. The molecule has 5 nitrogen and oxygen atoms in total. The van der Waals surface area contributed by atoms with Crippen molar-refractivity contribution in [1.82, 2.24) is 0 Å². The molecule has 5 heteroatoms. The van der Waals surface area contributed by atoms with E-state index in [1.54, 1.807) is 0 Å². The second-order valence-corrected chi connectivity index (χ2v) is 20.2. The van der Waals surface area contributed by atoms with Gasteiger partial charge in [-0.05, 0) is 89.9 Å². The first kappa shape index (κ1) is 67.3. The molecular weight excluding hydrogens is 861 g/mol. The van der Waals surface area contributed by atoms with Gasteiger partial charge in [0.25, 0.3) is 0 Å². The Balaban J connectivity index is 4.30. The van der Waals surface area contributed by atoms with Crippen molar-refractivity contribution in [3.8, 4) is 0 Å². The average molecular weight is 978 g/mol. The Labute approximate surface area is 436 Å². The van der Waals surface area contributed by atoms with Crippen LogP contribution in [0.1, 0.15) is 303 Å². The van der Waals surface area contributed by atoms with E-state index in [0.717, 1.165) is 83.5 Å². The summed E-state index contributed by atoms with van der Waals surface area (Å²) in [6.45, 7) is 7.72. The largest absolute Gasteiger partial charge is 0.462 e. The van der Waals surface area contributed by atoms with Crippen molar-refractivity contribution >= 4 is 11.9 Å². The maximum Gasteiger partial charge on any atom is 0.306 e. The van der Waals surface area contributed by atoms with Gasteiger partial charge in [0.2, 0.25) is 0 Å². The monoisotopic (exact) mass is 977 g/mol. The lowest BCUT2D eigenvalue weighted by atomic mass is 10.0. The number of carbonyl (C=O) groups excluding carboxylic acids is 2. The van der Waals surface area contributed by atoms with E-state index < -0.39 is 6.10 Å². The zero-order valence-electron chi connectivity index (χ0n) is 46.8. The molecule has 0 bridgehead atoms. The van der Waals surface area contributed by atoms with Gasteiger partial charge >= 0.3 is 11.9 Å². The van der Waals surface area contributed by atoms with Crippen LogP contribution in [0.4, 0.5) is 0 Å². The molecule has 0 aliphatic rings. The van der Waals surface area contributed by atoms with Crippen molar-refractivity contribution in [2.24, 2.45) is 0 Å². The van der Waals surface area contributed by atoms with E-state index >= 15 is 0 Å². The number of hydrogen-bond donors (Lipinski definition) is 0. The second-order valence-electron chi connectivity index (χ2n) is 20.2. The molecule has 406 valence electrons. The first-order valence-corrected chi connectivity index (χ1v) is 30.5. The summed E-state index contributed by atoms with van der Waals surface area (Å²) in [4.78, 5) is 25.6. The lowest BCUT2D eigenvalue weighted by molar-refractivity contribution is -0.163. The van der Waals surface area contributed by atoms with Gasteiger partial charge in [-0.1, -0.05) is 273 Å². The maximum absolute atomic E-state index is 12.9. The molecule has 0 saturated heterocycles. The molecular formula is C65H116O5. The van der Waals surface area contributed by atoms with Crippen LogP contribution in [-0.4, -0.2) is 37.9 Å². The fourth-order valence-corrected chi connectivity index (χ4v) is 8.71. The number of rotatable bonds is 56. The number of allylic oxidation sites excluding steroid dienone is 12. The minimum absolute atomic E-state index is 0.0689. The first-order valence-electron chi connectivity index (χ1n) is 30.5. The van der Waals surface area contributed by atoms with Crippen molar-refractivity contribution in [3.63, 3.8) is 0 Å². The van der Waals surface area contributed by atoms with Crippen LogP contribution in [0.3, 0.4) is 0 Å². The normalized spacial score (nSPS) is 12.7. The maximum atomic E-state index is 12.9. The summed E-state index contributed by atoms with van der Waals surface area (Å²) in [6, 6.07) is 0. The van der Waals surface area contributed by atoms with Crippen molar-refractivity contribution < 1.29 is 23.8 Å². The molecule has 0 amide bonds. The predicted molar refractivity (Wildman–Crippen MR) is 307 cm³/mol. The van der Waals surface area contributed by atoms with E-state index in [-0.39, 0.29) is 25.2 Å². The van der Waals surface area contributed by atoms with Crippen LogP contribution in [0, 0.1) is 0 Å². The topological polar surface area (TPSA) is 61.8 Å². The van der Waals surface area contributed by atoms with Gasteiger partial charge in [-0.15, -0.1) is 0 Å². The Hall–Kier alpha value is -2.66. The molecule has 0 heterocycles. The smallest absolute Gasteiger partial charge is 0.306 e. The van der Waals surface area contributed by atoms with Crippen LogP contribution in [0.2, 0.25) is 0 Å². The van der Waals surface area contributed by atoms with Gasteiger partial charge in [0.1, 0.15) is 6.61 Å². The van der Waals surface area contributed by atoms with Crippen LogP contribution in [0.5, 0.6) is 0 Å². The molecule has 1 unspecified atom stereocenters. The van der Waals surface area contributed by atoms with E-state index in [9.17, 15) is 9.59 Å². The van der Waals surface area contributed by atoms with Crippen molar-refractivity contribution in [3.05, 3.63) is 72.9 Å². The van der Waals surface area contributed by atoms with E-state index in [1.165, 1.54) is 186 Å². The zero-order chi connectivity index (χ0) is 50.6. The quantitative estimate of drug-likeness (QED) is 0.0345. The summed E-state index contributed by atoms with van der Waals surface area (Å²) in [5.74, 6) is -0.422. The van der Waals surface area contributed by atoms with Gasteiger partial charge in [-0.25, -0.2) is 0 Å². The summed E-state index contributed by atoms with van der Waals surface area (Å²) in [5.41, 5.74) is 0. The highest BCUT2D eigenvalue weighted by Gasteiger charge is 2.17. The summed E-state index contributed by atoms with van der Waals surface area (Å²) in [5, 5.41) is 0. The van der Waals surface area contributed by atoms with Crippen LogP contribution in [-0.2, 0) is 23.8 Å². The van der Waals surface area contributed by atoms with Crippen LogP contribution >= 0.6 is 0 Å². The average Bonchev–Trinajstić information content (AvgIpc) is 3.36. The van der Waals surface area contributed by atoms with Crippen LogP contribution in [0.25, 0.3) is 0 Å². The molecule has 0 radical (unpaired) electrons. The number of carbonyl (C=O) groups is 2. The fourth-order valence-electron chi connectivity index (χ4n) is 8.71. The van der Waals surface area contributed by atoms with Gasteiger partial charge in [0.05, 0.1) is 6.61 Å². The SMILES string of the molecule is CC/C=C\C/C=C\C/C=C\C/C=C\C/C=C\CCCCCC(=O)OCC(COCCCCCCCCCCCC/C=C\CCCCCCCC)OC(=O)CCCCCCCCCCCCCCCCC. The summed E-state index contributed by atoms with van der Waals surface area (Å²) >= 11 is 0. The van der Waals surface area contributed by atoms with Gasteiger partial charge in [-0.3, -0.25) is 9.59 Å². The van der Waals surface area contributed by atoms with Crippen molar-refractivity contribution in [2.45, 2.75) is 309 Å². The number of esters is 2. The Morgan fingerprint density at radius 3 is 1.06 bits per heavy atom. The molecule has 1 atom stereocenters. The summed E-state index contributed by atoms with van der Waals surface area (Å²) < 4.78 is 17.5. The van der Waals surface area contributed by atoms with E-state index in [1.807, 2.05) is 0 Å². The summed E-state index contributed by atoms with van der Waals surface area (Å²) in [7, 11) is 0. The molecule has 70 heavy (non-hydrogen) atoms. The van der Waals surface area contributed by atoms with E-state index in [4.69, 9.17) is 14.2 Å². The highest BCUT2D eigenvalue weighted by atomic mass is 16.6. The van der Waals surface area contributed by atoms with Crippen LogP contribution in [0.15, 0.2) is 72.9 Å². The Morgan fingerprint density at radius 2 is 0.643 bits per heavy atom. The van der Waals surface area contributed by atoms with Gasteiger partial charge in [0.15, 0.2) is 6.10 Å². The zero-order valence-corrected chi connectivity index (χ0v) is 46.8. The molecule has 0 aromatic carbocycles. The molecule has 0 N–H and O–H groups in total. The molecule has 0 aliphatic heterocycles. The molecule has 0 saturated carbocycles. The summed E-state index contributed by atoms with van der Waals surface area (Å²) in [6.07, 6.45) is 79.3. The Morgan fingerprint density at radius 1 is 0.329 bits per heavy atom. The van der Waals surface area contributed by atoms with E-state index in [0.29, 0.717) is 19.4 Å². The first-order chi connectivity index (χ1) is 34.6. The lowest BCUT2D eigenvalue weighted by Crippen LogP contribution is -2.30. The minimum Gasteiger partial charge on any atom is -0.462 e. The molecule has 0 aliphatic carbocycles. The fraction of sp³-hybridized carbons (Fsp3) is 0.785. The van der Waals surface area contributed by atoms with Crippen LogP contribution < -0.4 is 0 Å². The standard InChI is InChI=1S/C65H116O5/c1-4-7-10-13-16-19-22-25-28-30-32-34-36-39-42-45-48-51-54-57-60-68-61-63(70-65(67)59-56-53-50-47-44-41-37-27-24-21-18-15-12-9-6-3)62-69-64(66)58-55-52-49-46-43-40-38-35-33-31-29-26-23-20-17-14-11-8-5-2/h8,11,17,20,25-26,28-29,33,35,40,43,63H,4-7,9-10,12-16,18-19,21-24,27,30-32,34,36-39,41-42,44-62H2,1-3H3/b11-8-,20-17-,28-25-,29-26-,35-33-,43-40-. The second kappa shape index (κ2) is 60.6.